The molecule has 1 aromatic heterocycles. The Morgan fingerprint density at radius 1 is 1.05 bits per heavy atom. The Morgan fingerprint density at radius 2 is 1.72 bits per heavy atom. The van der Waals surface area contributed by atoms with Crippen molar-refractivity contribution in [1.82, 2.24) is 15.0 Å². The van der Waals surface area contributed by atoms with E-state index in [-0.39, 0.29) is 35.3 Å². The van der Waals surface area contributed by atoms with Crippen LogP contribution in [0.3, 0.4) is 0 Å². The summed E-state index contributed by atoms with van der Waals surface area (Å²) in [7, 11) is -1.29. The van der Waals surface area contributed by atoms with Gasteiger partial charge in [0.05, 0.1) is 31.5 Å². The Hall–Kier alpha value is -4.52. The number of sulfonamides is 1. The molecule has 3 aromatic carbocycles. The minimum atomic E-state index is -4.08. The zero-order valence-corrected chi connectivity index (χ0v) is 22.1. The van der Waals surface area contributed by atoms with Gasteiger partial charge in [-0.3, -0.25) is 9.10 Å². The van der Waals surface area contributed by atoms with Crippen LogP contribution in [-0.4, -0.2) is 61.0 Å². The molecule has 0 saturated heterocycles. The number of hydrogen-bond acceptors (Lipinski definition) is 8. The predicted octanol–water partition coefficient (Wildman–Crippen LogP) is 2.92. The van der Waals surface area contributed by atoms with Crippen molar-refractivity contribution in [2.24, 2.45) is 0 Å². The highest BCUT2D eigenvalue weighted by atomic mass is 32.2. The third kappa shape index (κ3) is 5.67. The summed E-state index contributed by atoms with van der Waals surface area (Å²) in [6.07, 6.45) is 0.613. The molecule has 0 saturated carbocycles. The fourth-order valence-electron chi connectivity index (χ4n) is 4.22. The monoisotopic (exact) mass is 556 g/mol. The zero-order valence-electron chi connectivity index (χ0n) is 21.2. The molecule has 0 fully saturated rings. The van der Waals surface area contributed by atoms with Crippen LogP contribution in [-0.2, 0) is 21.4 Å². The molecule has 1 atom stereocenters. The van der Waals surface area contributed by atoms with Crippen LogP contribution >= 0.6 is 0 Å². The van der Waals surface area contributed by atoms with E-state index < -0.39 is 33.4 Å². The van der Waals surface area contributed by atoms with Gasteiger partial charge in [0.25, 0.3) is 5.56 Å². The average Bonchev–Trinajstić information content (AvgIpc) is 2.91. The van der Waals surface area contributed by atoms with Gasteiger partial charge in [0.15, 0.2) is 11.6 Å². The van der Waals surface area contributed by atoms with Crippen LogP contribution in [0.5, 0.6) is 11.5 Å². The first kappa shape index (κ1) is 27.5. The van der Waals surface area contributed by atoms with Gasteiger partial charge in [0.2, 0.25) is 10.0 Å². The molecule has 0 unspecified atom stereocenters. The molecule has 4 rings (SSSR count). The van der Waals surface area contributed by atoms with E-state index in [4.69, 9.17) is 9.47 Å². The molecule has 0 amide bonds. The Kier molecular flexibility index (Phi) is 7.81. The first-order valence-corrected chi connectivity index (χ1v) is 13.5. The molecule has 39 heavy (non-hydrogen) atoms. The number of halogens is 1. The number of fused-ring (bicyclic) bond motifs is 1. The Labute approximate surface area is 223 Å². The molecular weight excluding hydrogens is 531 g/mol. The topological polar surface area (TPSA) is 141 Å². The number of anilines is 1. The van der Waals surface area contributed by atoms with E-state index in [2.05, 4.69) is 10.3 Å². The number of benzene rings is 3. The van der Waals surface area contributed by atoms with Gasteiger partial charge in [-0.05, 0) is 53.9 Å². The van der Waals surface area contributed by atoms with Gasteiger partial charge in [-0.1, -0.05) is 29.5 Å². The maximum absolute atomic E-state index is 14.2. The molecule has 0 radical (unpaired) electrons. The number of methoxy groups -OCH3 is 2. The Bertz CT molecular complexity index is 1690. The van der Waals surface area contributed by atoms with E-state index in [1.807, 2.05) is 0 Å². The number of aromatic nitrogens is 3. The molecule has 0 spiro atoms. The number of aryl methyl sites for hydroxylation is 1. The van der Waals surface area contributed by atoms with Crippen LogP contribution < -0.4 is 19.3 Å². The minimum Gasteiger partial charge on any atom is -0.494 e. The maximum Gasteiger partial charge on any atom is 0.327 e. The molecule has 4 aromatic rings. The molecule has 13 heteroatoms. The lowest BCUT2D eigenvalue weighted by molar-refractivity contribution is -0.138. The Morgan fingerprint density at radius 3 is 2.31 bits per heavy atom. The fraction of sp³-hybridized carbons (Fsp3) is 0.231. The van der Waals surface area contributed by atoms with E-state index in [9.17, 15) is 27.5 Å². The number of carboxylic acids is 1. The lowest BCUT2D eigenvalue weighted by Gasteiger charge is -2.29. The zero-order chi connectivity index (χ0) is 28.3. The van der Waals surface area contributed by atoms with Gasteiger partial charge < -0.3 is 14.6 Å². The van der Waals surface area contributed by atoms with Crippen LogP contribution in [0.25, 0.3) is 22.0 Å². The minimum absolute atomic E-state index is 0.0808. The quantitative estimate of drug-likeness (QED) is 0.312. The van der Waals surface area contributed by atoms with Crippen LogP contribution in [0.15, 0.2) is 65.5 Å². The molecular formula is C26H25FN4O7S. The highest BCUT2D eigenvalue weighted by Crippen LogP contribution is 2.29. The lowest BCUT2D eigenvalue weighted by atomic mass is 10.0. The van der Waals surface area contributed by atoms with Gasteiger partial charge in [0, 0.05) is 6.54 Å². The van der Waals surface area contributed by atoms with Gasteiger partial charge in [0.1, 0.15) is 17.3 Å². The van der Waals surface area contributed by atoms with Crippen molar-refractivity contribution in [2.45, 2.75) is 19.0 Å². The normalized spacial score (nSPS) is 12.2. The molecule has 1 heterocycles. The fourth-order valence-corrected chi connectivity index (χ4v) is 5.38. The van der Waals surface area contributed by atoms with Crippen molar-refractivity contribution in [3.63, 3.8) is 0 Å². The number of rotatable bonds is 10. The van der Waals surface area contributed by atoms with Crippen LogP contribution in [0.2, 0.25) is 0 Å². The number of aliphatic carboxylic acids is 1. The summed E-state index contributed by atoms with van der Waals surface area (Å²) >= 11 is 0. The van der Waals surface area contributed by atoms with Crippen molar-refractivity contribution in [3.05, 3.63) is 76.8 Å². The summed E-state index contributed by atoms with van der Waals surface area (Å²) in [5.74, 6) is -1.53. The summed E-state index contributed by atoms with van der Waals surface area (Å²) in [6, 6.07) is 13.6. The first-order chi connectivity index (χ1) is 18.5. The van der Waals surface area contributed by atoms with E-state index >= 15 is 0 Å². The van der Waals surface area contributed by atoms with Crippen LogP contribution in [0, 0.1) is 5.82 Å². The number of nitrogens with zero attached hydrogens (tertiary/aromatic N) is 4. The van der Waals surface area contributed by atoms with Gasteiger partial charge in [-0.25, -0.2) is 22.3 Å². The van der Waals surface area contributed by atoms with E-state index in [1.54, 1.807) is 36.4 Å². The third-order valence-electron chi connectivity index (χ3n) is 6.08. The Balaban J connectivity index is 1.64. The van der Waals surface area contributed by atoms with Crippen LogP contribution in [0.1, 0.15) is 6.42 Å². The SMILES string of the molecule is COc1ccc(-c2ccc(N([C@H](CCn3nnc4c(OC)cccc4c3=O)C(=O)O)S(C)(=O)=O)cc2)cc1F. The van der Waals surface area contributed by atoms with E-state index in [0.717, 1.165) is 15.2 Å². The number of carbonyl (C=O) groups is 1. The third-order valence-corrected chi connectivity index (χ3v) is 7.26. The molecule has 0 aliphatic carbocycles. The number of hydrogen-bond donors (Lipinski definition) is 1. The summed E-state index contributed by atoms with van der Waals surface area (Å²) < 4.78 is 51.6. The van der Waals surface area contributed by atoms with E-state index in [0.29, 0.717) is 16.9 Å². The molecule has 11 nitrogen and oxygen atoms in total. The van der Waals surface area contributed by atoms with Gasteiger partial charge >= 0.3 is 5.97 Å². The highest BCUT2D eigenvalue weighted by molar-refractivity contribution is 7.92. The van der Waals surface area contributed by atoms with Gasteiger partial charge in [-0.15, -0.1) is 5.10 Å². The average molecular weight is 557 g/mol. The predicted molar refractivity (Wildman–Crippen MR) is 142 cm³/mol. The van der Waals surface area contributed by atoms with Crippen molar-refractivity contribution in [3.8, 4) is 22.6 Å². The number of ether oxygens (including phenoxy) is 2. The van der Waals surface area contributed by atoms with E-state index in [1.165, 1.54) is 38.5 Å². The van der Waals surface area contributed by atoms with Gasteiger partial charge in [-0.2, -0.15) is 0 Å². The second kappa shape index (κ2) is 11.1. The second-order valence-corrected chi connectivity index (χ2v) is 10.4. The molecule has 0 aliphatic heterocycles. The number of carboxylic acid groups (broad SMARTS) is 1. The maximum atomic E-state index is 14.2. The van der Waals surface area contributed by atoms with Crippen molar-refractivity contribution in [1.29, 1.82) is 0 Å². The molecule has 0 aliphatic rings. The van der Waals surface area contributed by atoms with Crippen molar-refractivity contribution < 1.29 is 32.2 Å². The standard InChI is InChI=1S/C26H25FN4O7S/c1-37-22-12-9-17(15-20(22)27)16-7-10-18(11-8-16)31(39(3,35)36)21(26(33)34)13-14-30-25(32)19-5-4-6-23(38-2)24(19)28-29-30/h4-12,15,21H,13-14H2,1-3H3,(H,33,34)/t21-/m1/s1. The molecule has 1 N–H and O–H groups in total. The lowest BCUT2D eigenvalue weighted by Crippen LogP contribution is -2.46. The molecule has 0 bridgehead atoms. The largest absolute Gasteiger partial charge is 0.494 e. The van der Waals surface area contributed by atoms with Crippen molar-refractivity contribution >= 4 is 32.6 Å². The van der Waals surface area contributed by atoms with Crippen molar-refractivity contribution in [2.75, 3.05) is 24.8 Å². The highest BCUT2D eigenvalue weighted by Gasteiger charge is 2.33. The smallest absolute Gasteiger partial charge is 0.327 e. The summed E-state index contributed by atoms with van der Waals surface area (Å²) in [5.41, 5.74) is 0.917. The summed E-state index contributed by atoms with van der Waals surface area (Å²) in [6.45, 7) is -0.217. The first-order valence-electron chi connectivity index (χ1n) is 11.6. The summed E-state index contributed by atoms with van der Waals surface area (Å²) in [5, 5.41) is 18.1. The second-order valence-electron chi connectivity index (χ2n) is 8.57. The molecule has 204 valence electrons. The van der Waals surface area contributed by atoms with Crippen LogP contribution in [0.4, 0.5) is 10.1 Å². The summed E-state index contributed by atoms with van der Waals surface area (Å²) in [4.78, 5) is 25.2.